The highest BCUT2D eigenvalue weighted by Gasteiger charge is 2.52. The first kappa shape index (κ1) is 32.7. The Hall–Kier alpha value is -7.48. The van der Waals surface area contributed by atoms with Crippen molar-refractivity contribution in [3.8, 4) is 44.5 Å². The number of benzene rings is 10. The van der Waals surface area contributed by atoms with Crippen molar-refractivity contribution in [1.82, 2.24) is 0 Å². The van der Waals surface area contributed by atoms with Crippen LogP contribution in [0.4, 0.5) is 17.1 Å². The van der Waals surface area contributed by atoms with E-state index in [0.717, 1.165) is 17.1 Å². The summed E-state index contributed by atoms with van der Waals surface area (Å²) in [6.07, 6.45) is 0. The zero-order valence-electron chi connectivity index (χ0n) is 31.8. The Morgan fingerprint density at radius 3 is 1.60 bits per heavy atom. The topological polar surface area (TPSA) is 3.24 Å². The fourth-order valence-corrected chi connectivity index (χ4v) is 10.3. The van der Waals surface area contributed by atoms with Crippen molar-refractivity contribution in [2.75, 3.05) is 4.90 Å². The van der Waals surface area contributed by atoms with E-state index in [4.69, 9.17) is 0 Å². The lowest BCUT2D eigenvalue weighted by Crippen LogP contribution is -2.26. The van der Waals surface area contributed by atoms with Crippen LogP contribution in [0.3, 0.4) is 0 Å². The van der Waals surface area contributed by atoms with Crippen LogP contribution >= 0.6 is 0 Å². The fourth-order valence-electron chi connectivity index (χ4n) is 10.3. The van der Waals surface area contributed by atoms with Crippen molar-refractivity contribution in [2.24, 2.45) is 0 Å². The predicted molar refractivity (Wildman–Crippen MR) is 243 cm³/mol. The van der Waals surface area contributed by atoms with Crippen LogP contribution in [0.2, 0.25) is 0 Å². The molecule has 0 bridgehead atoms. The van der Waals surface area contributed by atoms with Crippen molar-refractivity contribution < 1.29 is 0 Å². The molecule has 2 aliphatic rings. The maximum absolute atomic E-state index is 2.54. The number of fused-ring (bicyclic) bond motifs is 12. The van der Waals surface area contributed by atoms with E-state index >= 15 is 0 Å². The Bertz CT molecular complexity index is 3200. The van der Waals surface area contributed by atoms with E-state index in [2.05, 4.69) is 229 Å². The molecule has 58 heavy (non-hydrogen) atoms. The van der Waals surface area contributed by atoms with Crippen molar-refractivity contribution >= 4 is 38.6 Å². The van der Waals surface area contributed by atoms with Gasteiger partial charge >= 0.3 is 0 Å². The molecule has 0 heterocycles. The van der Waals surface area contributed by atoms with Gasteiger partial charge in [-0.25, -0.2) is 0 Å². The largest absolute Gasteiger partial charge is 0.309 e. The molecule has 0 saturated carbocycles. The summed E-state index contributed by atoms with van der Waals surface area (Å²) in [6.45, 7) is 0. The van der Waals surface area contributed by atoms with Gasteiger partial charge < -0.3 is 4.90 Å². The molecule has 0 atom stereocenters. The Balaban J connectivity index is 1.18. The fraction of sp³-hybridized carbons (Fsp3) is 0.0175. The van der Waals surface area contributed by atoms with Crippen molar-refractivity contribution in [2.45, 2.75) is 5.41 Å². The monoisotopic (exact) mass is 735 g/mol. The van der Waals surface area contributed by atoms with E-state index in [1.807, 2.05) is 0 Å². The lowest BCUT2D eigenvalue weighted by molar-refractivity contribution is 0.794. The van der Waals surface area contributed by atoms with Crippen LogP contribution in [0.25, 0.3) is 66.1 Å². The molecule has 1 nitrogen and oxygen atoms in total. The van der Waals surface area contributed by atoms with Gasteiger partial charge in [-0.2, -0.15) is 0 Å². The number of hydrogen-bond acceptors (Lipinski definition) is 1. The van der Waals surface area contributed by atoms with Gasteiger partial charge in [-0.1, -0.05) is 194 Å². The molecule has 270 valence electrons. The van der Waals surface area contributed by atoms with Crippen molar-refractivity contribution in [3.05, 3.63) is 247 Å². The number of rotatable bonds is 5. The highest BCUT2D eigenvalue weighted by atomic mass is 15.1. The number of anilines is 3. The quantitative estimate of drug-likeness (QED) is 0.170. The number of hydrogen-bond donors (Lipinski definition) is 0. The normalized spacial score (nSPS) is 13.0. The molecule has 0 amide bonds. The average Bonchev–Trinajstić information content (AvgIpc) is 3.77. The summed E-state index contributed by atoms with van der Waals surface area (Å²) >= 11 is 0. The second-order valence-corrected chi connectivity index (χ2v) is 15.6. The molecule has 0 aliphatic heterocycles. The van der Waals surface area contributed by atoms with Gasteiger partial charge in [-0.05, 0) is 108 Å². The summed E-state index contributed by atoms with van der Waals surface area (Å²) in [5, 5.41) is 4.93. The Labute approximate surface area is 338 Å². The van der Waals surface area contributed by atoms with E-state index in [1.54, 1.807) is 0 Å². The minimum absolute atomic E-state index is 0.445. The van der Waals surface area contributed by atoms with Crippen molar-refractivity contribution in [1.29, 1.82) is 0 Å². The second-order valence-electron chi connectivity index (χ2n) is 15.6. The molecule has 1 spiro atoms. The summed E-state index contributed by atoms with van der Waals surface area (Å²) in [4.78, 5) is 2.54. The summed E-state index contributed by atoms with van der Waals surface area (Å²) < 4.78 is 0. The molecule has 0 fully saturated rings. The SMILES string of the molecule is c1ccc(-c2c(N(c3cccc(-c4ccc5ccccc5c4)c3)c3cccc4c3-c3ccccc3C43c4ccccc4-c4ccccc43)ccc3ccccc23)cc1. The lowest BCUT2D eigenvalue weighted by atomic mass is 9.70. The average molecular weight is 736 g/mol. The van der Waals surface area contributed by atoms with Crippen LogP contribution in [-0.4, -0.2) is 0 Å². The molecule has 0 radical (unpaired) electrons. The van der Waals surface area contributed by atoms with Crippen molar-refractivity contribution in [3.63, 3.8) is 0 Å². The van der Waals surface area contributed by atoms with E-state index in [1.165, 1.54) is 88.3 Å². The first-order chi connectivity index (χ1) is 28.8. The molecule has 12 rings (SSSR count). The second kappa shape index (κ2) is 12.8. The van der Waals surface area contributed by atoms with Gasteiger partial charge in [0, 0.05) is 16.8 Å². The standard InChI is InChI=1S/C57H37N/c1-2-18-40(19-3-1)55-45-23-7-6-17-39(45)34-35-54(55)58(44-22-14-21-42(37-44)43-33-32-38-16-4-5-20-41(38)36-43)53-31-15-30-52-56(53)48-26-10-13-29-51(48)57(52)49-27-11-8-24-46(49)47-25-9-12-28-50(47)57/h1-37H. The van der Waals surface area contributed by atoms with Gasteiger partial charge in [0.05, 0.1) is 16.8 Å². The Morgan fingerprint density at radius 1 is 0.293 bits per heavy atom. The minimum Gasteiger partial charge on any atom is -0.309 e. The third-order valence-electron chi connectivity index (χ3n) is 12.6. The molecule has 0 saturated heterocycles. The van der Waals surface area contributed by atoms with E-state index < -0.39 is 5.41 Å². The van der Waals surface area contributed by atoms with Crippen LogP contribution in [0.15, 0.2) is 224 Å². The summed E-state index contributed by atoms with van der Waals surface area (Å²) in [5.41, 5.74) is 18.3. The predicted octanol–water partition coefficient (Wildman–Crippen LogP) is 15.1. The summed E-state index contributed by atoms with van der Waals surface area (Å²) in [5.74, 6) is 0. The first-order valence-electron chi connectivity index (χ1n) is 20.2. The van der Waals surface area contributed by atoms with E-state index in [0.29, 0.717) is 0 Å². The van der Waals surface area contributed by atoms with Gasteiger partial charge in [0.1, 0.15) is 0 Å². The smallest absolute Gasteiger partial charge is 0.0726 e. The van der Waals surface area contributed by atoms with Crippen LogP contribution < -0.4 is 4.90 Å². The maximum Gasteiger partial charge on any atom is 0.0726 e. The van der Waals surface area contributed by atoms with Gasteiger partial charge in [0.2, 0.25) is 0 Å². The molecule has 0 N–H and O–H groups in total. The van der Waals surface area contributed by atoms with Crippen LogP contribution in [0.5, 0.6) is 0 Å². The highest BCUT2D eigenvalue weighted by molar-refractivity contribution is 6.08. The van der Waals surface area contributed by atoms with Crippen LogP contribution in [0, 0.1) is 0 Å². The van der Waals surface area contributed by atoms with E-state index in [9.17, 15) is 0 Å². The van der Waals surface area contributed by atoms with Gasteiger partial charge in [-0.15, -0.1) is 0 Å². The Morgan fingerprint density at radius 2 is 0.828 bits per heavy atom. The lowest BCUT2D eigenvalue weighted by Gasteiger charge is -2.33. The van der Waals surface area contributed by atoms with Crippen LogP contribution in [-0.2, 0) is 5.41 Å². The third-order valence-corrected chi connectivity index (χ3v) is 12.6. The zero-order valence-corrected chi connectivity index (χ0v) is 31.8. The third kappa shape index (κ3) is 4.65. The molecule has 10 aromatic carbocycles. The van der Waals surface area contributed by atoms with Gasteiger partial charge in [-0.3, -0.25) is 0 Å². The molecule has 0 aromatic heterocycles. The number of nitrogens with zero attached hydrogens (tertiary/aromatic N) is 1. The van der Waals surface area contributed by atoms with Gasteiger partial charge in [0.15, 0.2) is 0 Å². The molecular formula is C57H37N. The molecule has 0 unspecified atom stereocenters. The van der Waals surface area contributed by atoms with Gasteiger partial charge in [0.25, 0.3) is 0 Å². The molecule has 2 aliphatic carbocycles. The zero-order chi connectivity index (χ0) is 38.2. The summed E-state index contributed by atoms with van der Waals surface area (Å²) in [6, 6.07) is 83.2. The van der Waals surface area contributed by atoms with Crippen LogP contribution in [0.1, 0.15) is 22.3 Å². The maximum atomic E-state index is 2.54. The highest BCUT2D eigenvalue weighted by Crippen LogP contribution is 2.65. The Kier molecular flexibility index (Phi) is 7.21. The minimum atomic E-state index is -0.445. The summed E-state index contributed by atoms with van der Waals surface area (Å²) in [7, 11) is 0. The van der Waals surface area contributed by atoms with E-state index in [-0.39, 0.29) is 0 Å². The first-order valence-corrected chi connectivity index (χ1v) is 20.2. The molecule has 10 aromatic rings. The molecular weight excluding hydrogens is 699 g/mol. The molecule has 1 heteroatoms.